The summed E-state index contributed by atoms with van der Waals surface area (Å²) in [4.78, 5) is 20.6. The molecule has 0 bridgehead atoms. The SMILES string of the molecule is Cc1ccc(Sc2ncnc3ccccc23)cc1C(=O)O. The third-order valence-electron chi connectivity index (χ3n) is 3.16. The molecule has 21 heavy (non-hydrogen) atoms. The highest BCUT2D eigenvalue weighted by Crippen LogP contribution is 2.31. The van der Waals surface area contributed by atoms with Crippen LogP contribution < -0.4 is 0 Å². The van der Waals surface area contributed by atoms with Crippen molar-refractivity contribution in [2.45, 2.75) is 16.8 Å². The van der Waals surface area contributed by atoms with Gasteiger partial charge in [-0.25, -0.2) is 14.8 Å². The first-order valence-corrected chi connectivity index (χ1v) is 7.18. The highest BCUT2D eigenvalue weighted by atomic mass is 32.2. The number of carboxylic acids is 1. The molecule has 0 atom stereocenters. The van der Waals surface area contributed by atoms with Crippen molar-refractivity contribution >= 4 is 28.6 Å². The zero-order valence-corrected chi connectivity index (χ0v) is 12.1. The number of fused-ring (bicyclic) bond motifs is 1. The van der Waals surface area contributed by atoms with Crippen LogP contribution in [-0.2, 0) is 0 Å². The number of hydrogen-bond donors (Lipinski definition) is 1. The number of benzene rings is 2. The van der Waals surface area contributed by atoms with Crippen molar-refractivity contribution in [2.75, 3.05) is 0 Å². The summed E-state index contributed by atoms with van der Waals surface area (Å²) >= 11 is 1.44. The van der Waals surface area contributed by atoms with E-state index in [9.17, 15) is 9.90 Å². The van der Waals surface area contributed by atoms with Crippen molar-refractivity contribution in [3.05, 3.63) is 59.9 Å². The van der Waals surface area contributed by atoms with Gasteiger partial charge in [-0.1, -0.05) is 36.0 Å². The standard InChI is InChI=1S/C16H12N2O2S/c1-10-6-7-11(8-13(10)16(19)20)21-15-12-4-2-3-5-14(12)17-9-18-15/h2-9H,1H3,(H,19,20). The number of hydrogen-bond acceptors (Lipinski definition) is 4. The highest BCUT2D eigenvalue weighted by molar-refractivity contribution is 7.99. The maximum absolute atomic E-state index is 11.2. The maximum Gasteiger partial charge on any atom is 0.335 e. The molecule has 0 unspecified atom stereocenters. The summed E-state index contributed by atoms with van der Waals surface area (Å²) in [6, 6.07) is 13.2. The summed E-state index contributed by atoms with van der Waals surface area (Å²) in [5.74, 6) is -0.914. The molecule has 0 saturated carbocycles. The highest BCUT2D eigenvalue weighted by Gasteiger charge is 2.10. The molecular weight excluding hydrogens is 284 g/mol. The molecule has 0 fully saturated rings. The lowest BCUT2D eigenvalue weighted by molar-refractivity contribution is 0.0696. The summed E-state index contributed by atoms with van der Waals surface area (Å²) in [7, 11) is 0. The van der Waals surface area contributed by atoms with Gasteiger partial charge in [-0.2, -0.15) is 0 Å². The molecule has 2 aromatic carbocycles. The fourth-order valence-corrected chi connectivity index (χ4v) is 2.99. The molecule has 0 saturated heterocycles. The lowest BCUT2D eigenvalue weighted by Gasteiger charge is -2.07. The van der Waals surface area contributed by atoms with Gasteiger partial charge in [-0.15, -0.1) is 0 Å². The van der Waals surface area contributed by atoms with E-state index in [4.69, 9.17) is 0 Å². The number of aromatic carboxylic acids is 1. The van der Waals surface area contributed by atoms with Gasteiger partial charge in [0.2, 0.25) is 0 Å². The molecule has 3 aromatic rings. The summed E-state index contributed by atoms with van der Waals surface area (Å²) in [6.07, 6.45) is 1.52. The van der Waals surface area contributed by atoms with Crippen molar-refractivity contribution in [1.29, 1.82) is 0 Å². The van der Waals surface area contributed by atoms with E-state index in [1.807, 2.05) is 36.4 Å². The second-order valence-corrected chi connectivity index (χ2v) is 5.64. The van der Waals surface area contributed by atoms with Crippen LogP contribution in [0.15, 0.2) is 58.7 Å². The van der Waals surface area contributed by atoms with Crippen LogP contribution in [0.25, 0.3) is 10.9 Å². The summed E-state index contributed by atoms with van der Waals surface area (Å²) in [6.45, 7) is 1.79. The number of rotatable bonds is 3. The second kappa shape index (κ2) is 5.54. The Kier molecular flexibility index (Phi) is 3.58. The maximum atomic E-state index is 11.2. The Balaban J connectivity index is 2.03. The van der Waals surface area contributed by atoms with E-state index in [1.165, 1.54) is 18.1 Å². The average Bonchev–Trinajstić information content (AvgIpc) is 2.49. The third-order valence-corrected chi connectivity index (χ3v) is 4.17. The minimum atomic E-state index is -0.914. The van der Waals surface area contributed by atoms with Crippen LogP contribution in [-0.4, -0.2) is 21.0 Å². The molecule has 1 heterocycles. The van der Waals surface area contributed by atoms with Gasteiger partial charge in [0.05, 0.1) is 11.1 Å². The second-order valence-electron chi connectivity index (χ2n) is 4.58. The molecule has 4 nitrogen and oxygen atoms in total. The zero-order valence-electron chi connectivity index (χ0n) is 11.3. The van der Waals surface area contributed by atoms with Crippen LogP contribution >= 0.6 is 11.8 Å². The predicted octanol–water partition coefficient (Wildman–Crippen LogP) is 3.79. The van der Waals surface area contributed by atoms with Crippen molar-refractivity contribution in [2.24, 2.45) is 0 Å². The van der Waals surface area contributed by atoms with Crippen LogP contribution in [0.4, 0.5) is 0 Å². The van der Waals surface area contributed by atoms with Crippen molar-refractivity contribution in [3.63, 3.8) is 0 Å². The van der Waals surface area contributed by atoms with E-state index in [1.54, 1.807) is 13.0 Å². The van der Waals surface area contributed by atoms with Crippen molar-refractivity contribution in [1.82, 2.24) is 9.97 Å². The van der Waals surface area contributed by atoms with Crippen LogP contribution in [0, 0.1) is 6.92 Å². The Morgan fingerprint density at radius 3 is 2.76 bits per heavy atom. The molecule has 104 valence electrons. The number of aryl methyl sites for hydroxylation is 1. The Morgan fingerprint density at radius 2 is 1.95 bits per heavy atom. The Hall–Kier alpha value is -2.40. The fraction of sp³-hybridized carbons (Fsp3) is 0.0625. The van der Waals surface area contributed by atoms with Crippen LogP contribution in [0.2, 0.25) is 0 Å². The molecule has 0 aliphatic rings. The van der Waals surface area contributed by atoms with Crippen molar-refractivity contribution < 1.29 is 9.90 Å². The normalized spacial score (nSPS) is 10.7. The quantitative estimate of drug-likeness (QED) is 0.745. The predicted molar refractivity (Wildman–Crippen MR) is 81.8 cm³/mol. The van der Waals surface area contributed by atoms with E-state index >= 15 is 0 Å². The van der Waals surface area contributed by atoms with Gasteiger partial charge in [0.25, 0.3) is 0 Å². The Bertz CT molecular complexity index is 828. The molecule has 0 aliphatic carbocycles. The molecule has 0 aliphatic heterocycles. The lowest BCUT2D eigenvalue weighted by Crippen LogP contribution is -1.99. The number of carbonyl (C=O) groups is 1. The molecule has 0 spiro atoms. The molecule has 1 N–H and O–H groups in total. The van der Waals surface area contributed by atoms with Gasteiger partial charge < -0.3 is 5.11 Å². The van der Waals surface area contributed by atoms with Gasteiger partial charge >= 0.3 is 5.97 Å². The van der Waals surface area contributed by atoms with E-state index in [0.29, 0.717) is 5.56 Å². The lowest BCUT2D eigenvalue weighted by atomic mass is 10.1. The first-order valence-electron chi connectivity index (χ1n) is 6.36. The fourth-order valence-electron chi connectivity index (χ4n) is 2.07. The van der Waals surface area contributed by atoms with Gasteiger partial charge in [0.1, 0.15) is 11.4 Å². The first kappa shape index (κ1) is 13.6. The van der Waals surface area contributed by atoms with E-state index < -0.39 is 5.97 Å². The number of para-hydroxylation sites is 1. The van der Waals surface area contributed by atoms with E-state index in [2.05, 4.69) is 9.97 Å². The van der Waals surface area contributed by atoms with Crippen LogP contribution in [0.5, 0.6) is 0 Å². The molecule has 1 aromatic heterocycles. The number of aromatic nitrogens is 2. The minimum absolute atomic E-state index is 0.318. The number of carboxylic acid groups (broad SMARTS) is 1. The molecule has 3 rings (SSSR count). The van der Waals surface area contributed by atoms with Crippen LogP contribution in [0.3, 0.4) is 0 Å². The molecule has 0 radical (unpaired) electrons. The number of nitrogens with zero attached hydrogens (tertiary/aromatic N) is 2. The first-order chi connectivity index (χ1) is 10.1. The monoisotopic (exact) mass is 296 g/mol. The topological polar surface area (TPSA) is 63.1 Å². The molecule has 0 amide bonds. The zero-order chi connectivity index (χ0) is 14.8. The summed E-state index contributed by atoms with van der Waals surface area (Å²) in [5, 5.41) is 11.0. The van der Waals surface area contributed by atoms with Crippen molar-refractivity contribution in [3.8, 4) is 0 Å². The summed E-state index contributed by atoms with van der Waals surface area (Å²) < 4.78 is 0. The minimum Gasteiger partial charge on any atom is -0.478 e. The van der Waals surface area contributed by atoms with E-state index in [-0.39, 0.29) is 0 Å². The van der Waals surface area contributed by atoms with Gasteiger partial charge in [0.15, 0.2) is 0 Å². The molecular formula is C16H12N2O2S. The third kappa shape index (κ3) is 2.73. The Morgan fingerprint density at radius 1 is 1.14 bits per heavy atom. The van der Waals surface area contributed by atoms with E-state index in [0.717, 1.165) is 26.4 Å². The van der Waals surface area contributed by atoms with Gasteiger partial charge in [-0.05, 0) is 30.7 Å². The van der Waals surface area contributed by atoms with Gasteiger partial charge in [0, 0.05) is 10.3 Å². The largest absolute Gasteiger partial charge is 0.478 e. The molecule has 5 heteroatoms. The smallest absolute Gasteiger partial charge is 0.335 e. The average molecular weight is 296 g/mol. The Labute approximate surface area is 125 Å². The summed E-state index contributed by atoms with van der Waals surface area (Å²) in [5.41, 5.74) is 1.94. The van der Waals surface area contributed by atoms with Gasteiger partial charge in [-0.3, -0.25) is 0 Å². The van der Waals surface area contributed by atoms with Crippen LogP contribution in [0.1, 0.15) is 15.9 Å².